The molecule has 0 bridgehead atoms. The topological polar surface area (TPSA) is 61.5 Å². The SMILES string of the molecule is COc1ccc(-c2cc(N3CCCN(C(=O)Cc4cccc(F)c4)CC3)n[nH]2)cc1. The Hall–Kier alpha value is -3.35. The van der Waals surface area contributed by atoms with Gasteiger partial charge in [-0.25, -0.2) is 4.39 Å². The summed E-state index contributed by atoms with van der Waals surface area (Å²) in [6, 6.07) is 16.1. The zero-order valence-electron chi connectivity index (χ0n) is 17.0. The molecule has 0 spiro atoms. The maximum Gasteiger partial charge on any atom is 0.227 e. The highest BCUT2D eigenvalue weighted by atomic mass is 19.1. The lowest BCUT2D eigenvalue weighted by atomic mass is 10.1. The van der Waals surface area contributed by atoms with Crippen molar-refractivity contribution in [1.82, 2.24) is 15.1 Å². The van der Waals surface area contributed by atoms with Gasteiger partial charge in [0.05, 0.1) is 19.2 Å². The Morgan fingerprint density at radius 2 is 1.93 bits per heavy atom. The van der Waals surface area contributed by atoms with E-state index in [-0.39, 0.29) is 18.1 Å². The standard InChI is InChI=1S/C23H25FN4O2/c1-30-20-8-6-18(7-9-20)21-16-22(26-25-21)27-10-3-11-28(13-12-27)23(29)15-17-4-2-5-19(24)14-17/h2,4-9,14,16H,3,10-13,15H2,1H3,(H,25,26). The lowest BCUT2D eigenvalue weighted by Crippen LogP contribution is -2.36. The largest absolute Gasteiger partial charge is 0.497 e. The van der Waals surface area contributed by atoms with Crippen molar-refractivity contribution in [3.05, 3.63) is 66.0 Å². The number of rotatable bonds is 5. The van der Waals surface area contributed by atoms with Gasteiger partial charge < -0.3 is 14.5 Å². The van der Waals surface area contributed by atoms with Gasteiger partial charge in [0.15, 0.2) is 5.82 Å². The molecule has 30 heavy (non-hydrogen) atoms. The second kappa shape index (κ2) is 8.98. The first-order valence-electron chi connectivity index (χ1n) is 10.1. The third kappa shape index (κ3) is 4.62. The summed E-state index contributed by atoms with van der Waals surface area (Å²) in [4.78, 5) is 16.7. The van der Waals surface area contributed by atoms with Gasteiger partial charge in [-0.1, -0.05) is 12.1 Å². The van der Waals surface area contributed by atoms with Crippen molar-refractivity contribution in [2.75, 3.05) is 38.2 Å². The highest BCUT2D eigenvalue weighted by Crippen LogP contribution is 2.24. The number of carbonyl (C=O) groups excluding carboxylic acids is 1. The van der Waals surface area contributed by atoms with E-state index < -0.39 is 0 Å². The molecular formula is C23H25FN4O2. The van der Waals surface area contributed by atoms with E-state index >= 15 is 0 Å². The van der Waals surface area contributed by atoms with Crippen LogP contribution in [0.3, 0.4) is 0 Å². The quantitative estimate of drug-likeness (QED) is 0.702. The average Bonchev–Trinajstić information content (AvgIpc) is 3.11. The molecule has 3 aromatic rings. The van der Waals surface area contributed by atoms with Crippen LogP contribution < -0.4 is 9.64 Å². The molecule has 2 heterocycles. The Morgan fingerprint density at radius 1 is 1.10 bits per heavy atom. The third-order valence-electron chi connectivity index (χ3n) is 5.38. The number of nitrogens with zero attached hydrogens (tertiary/aromatic N) is 3. The van der Waals surface area contributed by atoms with Crippen LogP contribution in [0.1, 0.15) is 12.0 Å². The number of methoxy groups -OCH3 is 1. The zero-order valence-corrected chi connectivity index (χ0v) is 17.0. The van der Waals surface area contributed by atoms with Gasteiger partial charge in [0.1, 0.15) is 11.6 Å². The highest BCUT2D eigenvalue weighted by Gasteiger charge is 2.21. The van der Waals surface area contributed by atoms with Crippen molar-refractivity contribution in [2.45, 2.75) is 12.8 Å². The molecule has 0 unspecified atom stereocenters. The molecule has 4 rings (SSSR count). The average molecular weight is 408 g/mol. The molecular weight excluding hydrogens is 383 g/mol. The van der Waals surface area contributed by atoms with Gasteiger partial charge in [-0.05, 0) is 53.9 Å². The lowest BCUT2D eigenvalue weighted by Gasteiger charge is -2.22. The second-order valence-electron chi connectivity index (χ2n) is 7.40. The van der Waals surface area contributed by atoms with E-state index in [0.717, 1.165) is 35.8 Å². The predicted molar refractivity (Wildman–Crippen MR) is 114 cm³/mol. The van der Waals surface area contributed by atoms with Crippen LogP contribution in [0.5, 0.6) is 5.75 Å². The molecule has 7 heteroatoms. The van der Waals surface area contributed by atoms with Crippen LogP contribution in [0.15, 0.2) is 54.6 Å². The summed E-state index contributed by atoms with van der Waals surface area (Å²) in [5.41, 5.74) is 2.68. The summed E-state index contributed by atoms with van der Waals surface area (Å²) in [7, 11) is 1.65. The van der Waals surface area contributed by atoms with Gasteiger partial charge in [0.2, 0.25) is 5.91 Å². The van der Waals surface area contributed by atoms with Gasteiger partial charge >= 0.3 is 0 Å². The molecule has 1 fully saturated rings. The van der Waals surface area contributed by atoms with Gasteiger partial charge in [-0.15, -0.1) is 0 Å². The predicted octanol–water partition coefficient (Wildman–Crippen LogP) is 3.51. The maximum atomic E-state index is 13.4. The molecule has 6 nitrogen and oxygen atoms in total. The van der Waals surface area contributed by atoms with Crippen molar-refractivity contribution < 1.29 is 13.9 Å². The fraction of sp³-hybridized carbons (Fsp3) is 0.304. The molecule has 1 aliphatic heterocycles. The minimum absolute atomic E-state index is 0.0309. The van der Waals surface area contributed by atoms with E-state index in [0.29, 0.717) is 25.2 Å². The molecule has 0 radical (unpaired) electrons. The van der Waals surface area contributed by atoms with Gasteiger partial charge in [-0.2, -0.15) is 5.10 Å². The number of aromatic nitrogens is 2. The van der Waals surface area contributed by atoms with Crippen LogP contribution in [0, 0.1) is 5.82 Å². The number of nitrogens with one attached hydrogen (secondary N) is 1. The molecule has 0 saturated carbocycles. The lowest BCUT2D eigenvalue weighted by molar-refractivity contribution is -0.130. The smallest absolute Gasteiger partial charge is 0.227 e. The minimum Gasteiger partial charge on any atom is -0.497 e. The van der Waals surface area contributed by atoms with Gasteiger partial charge in [0.25, 0.3) is 0 Å². The summed E-state index contributed by atoms with van der Waals surface area (Å²) in [6.07, 6.45) is 1.08. The number of anilines is 1. The number of benzene rings is 2. The van der Waals surface area contributed by atoms with E-state index in [2.05, 4.69) is 15.1 Å². The Morgan fingerprint density at radius 3 is 2.70 bits per heavy atom. The fourth-order valence-corrected chi connectivity index (χ4v) is 3.72. The van der Waals surface area contributed by atoms with E-state index in [4.69, 9.17) is 4.74 Å². The molecule has 1 N–H and O–H groups in total. The molecule has 1 aliphatic rings. The van der Waals surface area contributed by atoms with Crippen molar-refractivity contribution >= 4 is 11.7 Å². The molecule has 156 valence electrons. The van der Waals surface area contributed by atoms with Crippen molar-refractivity contribution in [2.24, 2.45) is 0 Å². The first-order chi connectivity index (χ1) is 14.6. The van der Waals surface area contributed by atoms with E-state index in [1.165, 1.54) is 12.1 Å². The van der Waals surface area contributed by atoms with Crippen LogP contribution in [0.25, 0.3) is 11.3 Å². The Balaban J connectivity index is 1.38. The van der Waals surface area contributed by atoms with Crippen LogP contribution in [0.4, 0.5) is 10.2 Å². The van der Waals surface area contributed by atoms with Gasteiger partial charge in [-0.3, -0.25) is 9.89 Å². The molecule has 0 atom stereocenters. The van der Waals surface area contributed by atoms with Crippen molar-refractivity contribution in [3.63, 3.8) is 0 Å². The van der Waals surface area contributed by atoms with Crippen LogP contribution >= 0.6 is 0 Å². The zero-order chi connectivity index (χ0) is 20.9. The molecule has 1 aromatic heterocycles. The number of aromatic amines is 1. The van der Waals surface area contributed by atoms with Crippen molar-refractivity contribution in [1.29, 1.82) is 0 Å². The maximum absolute atomic E-state index is 13.4. The number of amides is 1. The fourth-order valence-electron chi connectivity index (χ4n) is 3.72. The first kappa shape index (κ1) is 19.9. The Labute approximate surface area is 175 Å². The summed E-state index contributed by atoms with van der Waals surface area (Å²) in [5.74, 6) is 1.41. The highest BCUT2D eigenvalue weighted by molar-refractivity contribution is 5.79. The minimum atomic E-state index is -0.312. The summed E-state index contributed by atoms with van der Waals surface area (Å²) in [5, 5.41) is 7.57. The molecule has 2 aromatic carbocycles. The van der Waals surface area contributed by atoms with Crippen LogP contribution in [0.2, 0.25) is 0 Å². The summed E-state index contributed by atoms with van der Waals surface area (Å²) < 4.78 is 18.6. The van der Waals surface area contributed by atoms with Crippen LogP contribution in [-0.2, 0) is 11.2 Å². The summed E-state index contributed by atoms with van der Waals surface area (Å²) >= 11 is 0. The Kier molecular flexibility index (Phi) is 5.97. The van der Waals surface area contributed by atoms with E-state index in [1.54, 1.807) is 19.2 Å². The Bertz CT molecular complexity index is 1000. The number of ether oxygens (including phenoxy) is 1. The monoisotopic (exact) mass is 408 g/mol. The van der Waals surface area contributed by atoms with Gasteiger partial charge in [0, 0.05) is 32.2 Å². The third-order valence-corrected chi connectivity index (χ3v) is 5.38. The summed E-state index contributed by atoms with van der Waals surface area (Å²) in [6.45, 7) is 2.86. The number of H-pyrrole nitrogens is 1. The van der Waals surface area contributed by atoms with E-state index in [1.807, 2.05) is 35.2 Å². The van der Waals surface area contributed by atoms with E-state index in [9.17, 15) is 9.18 Å². The molecule has 0 aliphatic carbocycles. The van der Waals surface area contributed by atoms with Crippen molar-refractivity contribution in [3.8, 4) is 17.0 Å². The number of hydrogen-bond acceptors (Lipinski definition) is 4. The number of halogens is 1. The number of carbonyl (C=O) groups is 1. The first-order valence-corrected chi connectivity index (χ1v) is 10.1. The number of hydrogen-bond donors (Lipinski definition) is 1. The normalized spacial score (nSPS) is 14.5. The molecule has 1 saturated heterocycles. The molecule has 1 amide bonds. The second-order valence-corrected chi connectivity index (χ2v) is 7.40. The van der Waals surface area contributed by atoms with Crippen LogP contribution in [-0.4, -0.2) is 54.3 Å².